The molecule has 5 heteroatoms. The summed E-state index contributed by atoms with van der Waals surface area (Å²) in [5.41, 5.74) is 9.08. The van der Waals surface area contributed by atoms with E-state index in [4.69, 9.17) is 29.6 Å². The summed E-state index contributed by atoms with van der Waals surface area (Å²) >= 11 is 11.0. The van der Waals surface area contributed by atoms with Gasteiger partial charge in [0.1, 0.15) is 4.99 Å². The molecule has 1 aromatic carbocycles. The van der Waals surface area contributed by atoms with Gasteiger partial charge in [0.15, 0.2) is 0 Å². The zero-order valence-electron chi connectivity index (χ0n) is 9.57. The van der Waals surface area contributed by atoms with E-state index in [1.54, 1.807) is 4.68 Å². The van der Waals surface area contributed by atoms with Gasteiger partial charge in [-0.3, -0.25) is 0 Å². The van der Waals surface area contributed by atoms with Gasteiger partial charge in [0.25, 0.3) is 0 Å². The van der Waals surface area contributed by atoms with Crippen LogP contribution in [0.25, 0.3) is 5.69 Å². The molecule has 0 atom stereocenters. The Morgan fingerprint density at radius 3 is 2.29 bits per heavy atom. The van der Waals surface area contributed by atoms with Crippen LogP contribution < -0.4 is 5.73 Å². The van der Waals surface area contributed by atoms with E-state index >= 15 is 0 Å². The largest absolute Gasteiger partial charge is 0.389 e. The minimum Gasteiger partial charge on any atom is -0.389 e. The number of thiocarbonyl (C=S) groups is 1. The van der Waals surface area contributed by atoms with Crippen molar-refractivity contribution in [2.24, 2.45) is 5.73 Å². The van der Waals surface area contributed by atoms with Crippen LogP contribution in [-0.2, 0) is 0 Å². The van der Waals surface area contributed by atoms with Crippen molar-refractivity contribution in [2.45, 2.75) is 13.8 Å². The standard InChI is InChI=1S/C12H12ClN3S/c1-7-11(13)8(2)16(15-7)10-5-3-9(4-6-10)12(14)17/h3-6H,1-2H3,(H2,14,17). The predicted octanol–water partition coefficient (Wildman–Crippen LogP) is 2.78. The highest BCUT2D eigenvalue weighted by Gasteiger charge is 2.10. The number of hydrogen-bond acceptors (Lipinski definition) is 2. The smallest absolute Gasteiger partial charge is 0.103 e. The molecule has 0 aliphatic carbocycles. The second-order valence-electron chi connectivity index (χ2n) is 3.81. The van der Waals surface area contributed by atoms with Gasteiger partial charge in [0.05, 0.1) is 22.1 Å². The number of rotatable bonds is 2. The van der Waals surface area contributed by atoms with Gasteiger partial charge in [-0.1, -0.05) is 23.8 Å². The molecule has 0 aliphatic rings. The van der Waals surface area contributed by atoms with Gasteiger partial charge in [-0.2, -0.15) is 5.10 Å². The van der Waals surface area contributed by atoms with Crippen LogP contribution in [0, 0.1) is 13.8 Å². The van der Waals surface area contributed by atoms with Crippen LogP contribution in [0.5, 0.6) is 0 Å². The van der Waals surface area contributed by atoms with Gasteiger partial charge < -0.3 is 5.73 Å². The van der Waals surface area contributed by atoms with Crippen LogP contribution >= 0.6 is 23.8 Å². The van der Waals surface area contributed by atoms with Crippen molar-refractivity contribution in [1.82, 2.24) is 9.78 Å². The Labute approximate surface area is 110 Å². The fourth-order valence-corrected chi connectivity index (χ4v) is 1.90. The van der Waals surface area contributed by atoms with Crippen molar-refractivity contribution < 1.29 is 0 Å². The summed E-state index contributed by atoms with van der Waals surface area (Å²) in [5, 5.41) is 5.07. The molecular weight excluding hydrogens is 254 g/mol. The lowest BCUT2D eigenvalue weighted by atomic mass is 10.2. The summed E-state index contributed by atoms with van der Waals surface area (Å²) in [6, 6.07) is 7.60. The fraction of sp³-hybridized carbons (Fsp3) is 0.167. The Kier molecular flexibility index (Phi) is 3.17. The zero-order chi connectivity index (χ0) is 12.6. The second kappa shape index (κ2) is 4.47. The Balaban J connectivity index is 2.47. The van der Waals surface area contributed by atoms with Crippen molar-refractivity contribution in [3.8, 4) is 5.69 Å². The average Bonchev–Trinajstić information content (AvgIpc) is 2.57. The number of nitrogens with zero attached hydrogens (tertiary/aromatic N) is 2. The molecule has 2 N–H and O–H groups in total. The number of halogens is 1. The molecule has 88 valence electrons. The molecule has 0 aliphatic heterocycles. The highest BCUT2D eigenvalue weighted by molar-refractivity contribution is 7.80. The fourth-order valence-electron chi connectivity index (χ4n) is 1.64. The maximum absolute atomic E-state index is 6.11. The molecule has 0 unspecified atom stereocenters. The van der Waals surface area contributed by atoms with Crippen LogP contribution in [0.4, 0.5) is 0 Å². The van der Waals surface area contributed by atoms with E-state index in [0.29, 0.717) is 10.0 Å². The molecule has 2 aromatic rings. The van der Waals surface area contributed by atoms with E-state index in [1.807, 2.05) is 38.1 Å². The first-order chi connectivity index (χ1) is 8.00. The molecule has 3 nitrogen and oxygen atoms in total. The number of aryl methyl sites for hydroxylation is 1. The third-order valence-corrected chi connectivity index (χ3v) is 3.38. The molecule has 0 fully saturated rings. The Morgan fingerprint density at radius 2 is 1.88 bits per heavy atom. The molecule has 0 bridgehead atoms. The van der Waals surface area contributed by atoms with Crippen LogP contribution in [0.2, 0.25) is 5.02 Å². The van der Waals surface area contributed by atoms with Crippen LogP contribution in [0.1, 0.15) is 17.0 Å². The number of benzene rings is 1. The summed E-state index contributed by atoms with van der Waals surface area (Å²) in [5.74, 6) is 0. The van der Waals surface area contributed by atoms with Crippen molar-refractivity contribution in [3.05, 3.63) is 46.2 Å². The first-order valence-electron chi connectivity index (χ1n) is 5.12. The first-order valence-corrected chi connectivity index (χ1v) is 5.91. The van der Waals surface area contributed by atoms with E-state index in [0.717, 1.165) is 22.6 Å². The maximum atomic E-state index is 6.11. The van der Waals surface area contributed by atoms with E-state index in [2.05, 4.69) is 5.10 Å². The minimum absolute atomic E-state index is 0.392. The van der Waals surface area contributed by atoms with E-state index in [1.165, 1.54) is 0 Å². The average molecular weight is 266 g/mol. The molecule has 1 aromatic heterocycles. The van der Waals surface area contributed by atoms with E-state index in [9.17, 15) is 0 Å². The SMILES string of the molecule is Cc1nn(-c2ccc(C(N)=S)cc2)c(C)c1Cl. The van der Waals surface area contributed by atoms with Gasteiger partial charge in [-0.25, -0.2) is 4.68 Å². The molecule has 17 heavy (non-hydrogen) atoms. The Morgan fingerprint density at radius 1 is 1.29 bits per heavy atom. The second-order valence-corrected chi connectivity index (χ2v) is 4.63. The normalized spacial score (nSPS) is 10.5. The molecule has 0 saturated heterocycles. The summed E-state index contributed by atoms with van der Waals surface area (Å²) in [6.07, 6.45) is 0. The quantitative estimate of drug-likeness (QED) is 0.850. The third kappa shape index (κ3) is 2.18. The summed E-state index contributed by atoms with van der Waals surface area (Å²) in [6.45, 7) is 3.82. The summed E-state index contributed by atoms with van der Waals surface area (Å²) < 4.78 is 1.81. The van der Waals surface area contributed by atoms with Crippen LogP contribution in [-0.4, -0.2) is 14.8 Å². The Bertz CT molecular complexity index is 572. The molecule has 0 spiro atoms. The monoisotopic (exact) mass is 265 g/mol. The highest BCUT2D eigenvalue weighted by atomic mass is 35.5. The number of hydrogen-bond donors (Lipinski definition) is 1. The van der Waals surface area contributed by atoms with Crippen molar-refractivity contribution in [2.75, 3.05) is 0 Å². The van der Waals surface area contributed by atoms with Gasteiger partial charge in [-0.05, 0) is 38.1 Å². The minimum atomic E-state index is 0.392. The lowest BCUT2D eigenvalue weighted by molar-refractivity contribution is 0.833. The zero-order valence-corrected chi connectivity index (χ0v) is 11.1. The topological polar surface area (TPSA) is 43.8 Å². The summed E-state index contributed by atoms with van der Waals surface area (Å²) in [7, 11) is 0. The van der Waals surface area contributed by atoms with Crippen LogP contribution in [0.15, 0.2) is 24.3 Å². The van der Waals surface area contributed by atoms with E-state index in [-0.39, 0.29) is 0 Å². The third-order valence-electron chi connectivity index (χ3n) is 2.60. The Hall–Kier alpha value is -1.39. The van der Waals surface area contributed by atoms with Gasteiger partial charge >= 0.3 is 0 Å². The number of aromatic nitrogens is 2. The van der Waals surface area contributed by atoms with E-state index < -0.39 is 0 Å². The summed E-state index contributed by atoms with van der Waals surface area (Å²) in [4.78, 5) is 0.392. The lowest BCUT2D eigenvalue weighted by Gasteiger charge is -2.05. The number of nitrogens with two attached hydrogens (primary N) is 1. The highest BCUT2D eigenvalue weighted by Crippen LogP contribution is 2.22. The van der Waals surface area contributed by atoms with Crippen molar-refractivity contribution >= 4 is 28.8 Å². The molecule has 0 saturated carbocycles. The maximum Gasteiger partial charge on any atom is 0.103 e. The van der Waals surface area contributed by atoms with Gasteiger partial charge in [-0.15, -0.1) is 0 Å². The van der Waals surface area contributed by atoms with Gasteiger partial charge in [0, 0.05) is 5.56 Å². The predicted molar refractivity (Wildman–Crippen MR) is 73.9 cm³/mol. The molecule has 0 radical (unpaired) electrons. The van der Waals surface area contributed by atoms with Crippen molar-refractivity contribution in [1.29, 1.82) is 0 Å². The van der Waals surface area contributed by atoms with Crippen LogP contribution in [0.3, 0.4) is 0 Å². The molecule has 0 amide bonds. The molecule has 2 rings (SSSR count). The molecular formula is C12H12ClN3S. The first kappa shape index (κ1) is 12.1. The van der Waals surface area contributed by atoms with Crippen molar-refractivity contribution in [3.63, 3.8) is 0 Å². The lowest BCUT2D eigenvalue weighted by Crippen LogP contribution is -2.09. The van der Waals surface area contributed by atoms with Gasteiger partial charge in [0.2, 0.25) is 0 Å². The molecule has 1 heterocycles.